The van der Waals surface area contributed by atoms with Crippen LogP contribution in [-0.2, 0) is 4.74 Å². The number of hydrogen-bond acceptors (Lipinski definition) is 4. The topological polar surface area (TPSA) is 70.6 Å². The van der Waals surface area contributed by atoms with Crippen LogP contribution in [0.5, 0.6) is 5.75 Å². The minimum atomic E-state index is -0.505. The molecule has 0 aromatic heterocycles. The van der Waals surface area contributed by atoms with Crippen LogP contribution in [0.4, 0.5) is 4.79 Å². The molecule has 0 fully saturated rings. The lowest BCUT2D eigenvalue weighted by Crippen LogP contribution is -2.42. The van der Waals surface area contributed by atoms with Gasteiger partial charge in [0.25, 0.3) is 0 Å². The Hall–Kier alpha value is -1.27. The maximum absolute atomic E-state index is 11.7. The third-order valence-corrected chi connectivity index (χ3v) is 3.70. The quantitative estimate of drug-likeness (QED) is 0.687. The van der Waals surface area contributed by atoms with Crippen molar-refractivity contribution in [2.24, 2.45) is 0 Å². The van der Waals surface area contributed by atoms with Gasteiger partial charge in [-0.1, -0.05) is 22.9 Å². The highest BCUT2D eigenvalue weighted by Gasteiger charge is 2.19. The van der Waals surface area contributed by atoms with Crippen LogP contribution in [0, 0.1) is 0 Å². The van der Waals surface area contributed by atoms with Gasteiger partial charge in [-0.3, -0.25) is 0 Å². The molecule has 0 aliphatic heterocycles. The number of ether oxygens (including phenoxy) is 1. The largest absolute Gasteiger partial charge is 0.508 e. The van der Waals surface area contributed by atoms with E-state index in [1.54, 1.807) is 12.1 Å². The summed E-state index contributed by atoms with van der Waals surface area (Å²) in [5.74, 6) is 0.264. The van der Waals surface area contributed by atoms with Gasteiger partial charge in [0.2, 0.25) is 0 Å². The van der Waals surface area contributed by atoms with Crippen molar-refractivity contribution < 1.29 is 14.6 Å². The van der Waals surface area contributed by atoms with E-state index in [9.17, 15) is 9.90 Å². The van der Waals surface area contributed by atoms with E-state index in [0.29, 0.717) is 6.54 Å². The molecule has 23 heavy (non-hydrogen) atoms. The first kappa shape index (κ1) is 19.8. The first-order valence-corrected chi connectivity index (χ1v) is 8.63. The van der Waals surface area contributed by atoms with Gasteiger partial charge in [-0.25, -0.2) is 4.79 Å². The van der Waals surface area contributed by atoms with Gasteiger partial charge >= 0.3 is 6.09 Å². The van der Waals surface area contributed by atoms with Crippen molar-refractivity contribution in [1.29, 1.82) is 0 Å². The van der Waals surface area contributed by atoms with Crippen molar-refractivity contribution >= 4 is 22.0 Å². The molecule has 2 atom stereocenters. The van der Waals surface area contributed by atoms with E-state index in [0.717, 1.165) is 16.5 Å². The van der Waals surface area contributed by atoms with Crippen molar-refractivity contribution in [3.8, 4) is 5.75 Å². The maximum Gasteiger partial charge on any atom is 0.407 e. The van der Waals surface area contributed by atoms with Crippen LogP contribution in [0.2, 0.25) is 0 Å². The highest BCUT2D eigenvalue weighted by Crippen LogP contribution is 2.29. The fraction of sp³-hybridized carbons (Fsp3) is 0.588. The van der Waals surface area contributed by atoms with E-state index in [1.807, 2.05) is 40.7 Å². The third-order valence-electron chi connectivity index (χ3n) is 3.21. The standard InChI is InChI=1S/C17H27BrN2O3/c1-6-14(13-9-12(18)7-8-15(13)21)20-11(2)10-19-16(22)23-17(3,4)5/h7-9,11,14,20-21H,6,10H2,1-5H3,(H,19,22). The Bertz CT molecular complexity index is 529. The number of phenols is 1. The molecule has 1 amide bonds. The van der Waals surface area contributed by atoms with Gasteiger partial charge in [-0.05, 0) is 52.3 Å². The van der Waals surface area contributed by atoms with Gasteiger partial charge < -0.3 is 20.5 Å². The average Bonchev–Trinajstić information content (AvgIpc) is 2.43. The van der Waals surface area contributed by atoms with Gasteiger partial charge in [0.15, 0.2) is 0 Å². The molecule has 0 bridgehead atoms. The summed E-state index contributed by atoms with van der Waals surface area (Å²) < 4.78 is 6.14. The van der Waals surface area contributed by atoms with Crippen LogP contribution in [-0.4, -0.2) is 29.4 Å². The van der Waals surface area contributed by atoms with E-state index in [-0.39, 0.29) is 17.8 Å². The highest BCUT2D eigenvalue weighted by atomic mass is 79.9. The number of phenolic OH excluding ortho intramolecular Hbond substituents is 1. The second kappa shape index (κ2) is 8.55. The molecule has 0 heterocycles. The molecule has 0 saturated carbocycles. The molecule has 6 heteroatoms. The second-order valence-corrected chi connectivity index (χ2v) is 7.53. The smallest absolute Gasteiger partial charge is 0.407 e. The van der Waals surface area contributed by atoms with Gasteiger partial charge in [0, 0.05) is 28.7 Å². The lowest BCUT2D eigenvalue weighted by atomic mass is 10.0. The van der Waals surface area contributed by atoms with Crippen LogP contribution in [0.1, 0.15) is 52.6 Å². The van der Waals surface area contributed by atoms with Gasteiger partial charge in [0.05, 0.1) is 0 Å². The summed E-state index contributed by atoms with van der Waals surface area (Å²) in [7, 11) is 0. The molecule has 1 aromatic carbocycles. The summed E-state index contributed by atoms with van der Waals surface area (Å²) in [4.78, 5) is 11.7. The minimum Gasteiger partial charge on any atom is -0.508 e. The van der Waals surface area contributed by atoms with E-state index < -0.39 is 11.7 Å². The molecule has 2 unspecified atom stereocenters. The number of aromatic hydroxyl groups is 1. The number of halogens is 1. The van der Waals surface area contributed by atoms with Crippen molar-refractivity contribution in [2.75, 3.05) is 6.54 Å². The number of hydrogen-bond donors (Lipinski definition) is 3. The molecule has 0 spiro atoms. The molecule has 5 nitrogen and oxygen atoms in total. The van der Waals surface area contributed by atoms with Crippen LogP contribution in [0.3, 0.4) is 0 Å². The molecule has 1 aromatic rings. The fourth-order valence-electron chi connectivity index (χ4n) is 2.18. The summed E-state index contributed by atoms with van der Waals surface area (Å²) in [6.45, 7) is 9.97. The molecule has 1 rings (SSSR count). The molecular formula is C17H27BrN2O3. The SMILES string of the molecule is CCC(NC(C)CNC(=O)OC(C)(C)C)c1cc(Br)ccc1O. The zero-order chi connectivity index (χ0) is 17.6. The van der Waals surface area contributed by atoms with E-state index in [1.165, 1.54) is 0 Å². The summed E-state index contributed by atoms with van der Waals surface area (Å²) in [6, 6.07) is 5.42. The molecule has 0 radical (unpaired) electrons. The first-order chi connectivity index (χ1) is 10.6. The summed E-state index contributed by atoms with van der Waals surface area (Å²) in [5.41, 5.74) is 0.334. The lowest BCUT2D eigenvalue weighted by Gasteiger charge is -2.25. The van der Waals surface area contributed by atoms with Crippen molar-refractivity contribution in [1.82, 2.24) is 10.6 Å². The predicted molar refractivity (Wildman–Crippen MR) is 95.7 cm³/mol. The van der Waals surface area contributed by atoms with Crippen LogP contribution in [0.15, 0.2) is 22.7 Å². The van der Waals surface area contributed by atoms with Gasteiger partial charge in [-0.2, -0.15) is 0 Å². The summed E-state index contributed by atoms with van der Waals surface area (Å²) in [6.07, 6.45) is 0.394. The molecule has 130 valence electrons. The second-order valence-electron chi connectivity index (χ2n) is 6.61. The third kappa shape index (κ3) is 7.22. The molecule has 3 N–H and O–H groups in total. The fourth-order valence-corrected chi connectivity index (χ4v) is 2.56. The maximum atomic E-state index is 11.7. The van der Waals surface area contributed by atoms with Crippen LogP contribution >= 0.6 is 15.9 Å². The van der Waals surface area contributed by atoms with Gasteiger partial charge in [-0.15, -0.1) is 0 Å². The Balaban J connectivity index is 2.58. The number of amides is 1. The van der Waals surface area contributed by atoms with Crippen molar-refractivity contribution in [3.05, 3.63) is 28.2 Å². The molecule has 0 aliphatic rings. The average molecular weight is 387 g/mol. The Labute approximate surface area is 146 Å². The Kier molecular flexibility index (Phi) is 7.35. The zero-order valence-electron chi connectivity index (χ0n) is 14.4. The zero-order valence-corrected chi connectivity index (χ0v) is 16.0. The number of carbonyl (C=O) groups is 1. The van der Waals surface area contributed by atoms with Gasteiger partial charge in [0.1, 0.15) is 11.4 Å². The summed E-state index contributed by atoms with van der Waals surface area (Å²) in [5, 5.41) is 16.2. The molecule has 0 saturated heterocycles. The number of benzene rings is 1. The van der Waals surface area contributed by atoms with E-state index >= 15 is 0 Å². The molecular weight excluding hydrogens is 360 g/mol. The number of carbonyl (C=O) groups excluding carboxylic acids is 1. The minimum absolute atomic E-state index is 0.00272. The van der Waals surface area contributed by atoms with E-state index in [2.05, 4.69) is 26.6 Å². The summed E-state index contributed by atoms with van der Waals surface area (Å²) >= 11 is 3.43. The van der Waals surface area contributed by atoms with Crippen molar-refractivity contribution in [3.63, 3.8) is 0 Å². The Morgan fingerprint density at radius 2 is 2.04 bits per heavy atom. The Morgan fingerprint density at radius 1 is 1.39 bits per heavy atom. The number of rotatable bonds is 6. The normalized spacial score (nSPS) is 14.2. The molecule has 0 aliphatic carbocycles. The lowest BCUT2D eigenvalue weighted by molar-refractivity contribution is 0.0522. The number of alkyl carbamates (subject to hydrolysis) is 1. The first-order valence-electron chi connectivity index (χ1n) is 7.83. The van der Waals surface area contributed by atoms with Crippen LogP contribution in [0.25, 0.3) is 0 Å². The van der Waals surface area contributed by atoms with E-state index in [4.69, 9.17) is 4.74 Å². The van der Waals surface area contributed by atoms with Crippen LogP contribution < -0.4 is 10.6 Å². The predicted octanol–water partition coefficient (Wildman–Crippen LogP) is 4.11. The monoisotopic (exact) mass is 386 g/mol. The number of nitrogens with one attached hydrogen (secondary N) is 2. The van der Waals surface area contributed by atoms with Crippen molar-refractivity contribution in [2.45, 2.75) is 58.7 Å². The Morgan fingerprint density at radius 3 is 2.61 bits per heavy atom. The highest BCUT2D eigenvalue weighted by molar-refractivity contribution is 9.10.